The molecule has 2 N–H and O–H groups in total. The van der Waals surface area contributed by atoms with Crippen LogP contribution in [0.1, 0.15) is 23.6 Å². The largest absolute Gasteiger partial charge is 0.481 e. The molecule has 214 valence electrons. The summed E-state index contributed by atoms with van der Waals surface area (Å²) in [5.74, 6) is -1.54. The summed E-state index contributed by atoms with van der Waals surface area (Å²) in [6, 6.07) is 11.0. The Morgan fingerprint density at radius 2 is 1.93 bits per heavy atom. The number of hydrogen-bond acceptors (Lipinski definition) is 5. The maximum Gasteiger partial charge on any atom is 0.303 e. The fourth-order valence-electron chi connectivity index (χ4n) is 4.65. The molecule has 5 rings (SSSR count). The van der Waals surface area contributed by atoms with Crippen LogP contribution in [0.25, 0.3) is 22.2 Å². The molecule has 42 heavy (non-hydrogen) atoms. The molecule has 0 aliphatic heterocycles. The number of ether oxygens (including phenoxy) is 1. The molecule has 0 aliphatic carbocycles. The summed E-state index contributed by atoms with van der Waals surface area (Å²) >= 11 is 0. The van der Waals surface area contributed by atoms with Crippen molar-refractivity contribution in [3.8, 4) is 35.1 Å². The van der Waals surface area contributed by atoms with E-state index in [1.807, 2.05) is 0 Å². The van der Waals surface area contributed by atoms with Crippen molar-refractivity contribution in [3.05, 3.63) is 95.6 Å². The fourth-order valence-corrected chi connectivity index (χ4v) is 5.70. The molecule has 0 fully saturated rings. The first kappa shape index (κ1) is 28.5. The van der Waals surface area contributed by atoms with Gasteiger partial charge in [-0.15, -0.1) is 6.42 Å². The molecule has 8 nitrogen and oxygen atoms in total. The van der Waals surface area contributed by atoms with Gasteiger partial charge in [-0.25, -0.2) is 21.6 Å². The highest BCUT2D eigenvalue weighted by molar-refractivity contribution is 7.91. The van der Waals surface area contributed by atoms with Crippen LogP contribution in [-0.2, 0) is 21.1 Å². The molecule has 2 heterocycles. The SMILES string of the molecule is C#C[C@H](c1cccc(CCC(=O)O)c1F)n1ccc(-c2cc(Oc3c(F)cc4[nH]ccc4c3S(C)(=O)=O)ccc2F)n1. The number of H-pyrrole nitrogens is 1. The summed E-state index contributed by atoms with van der Waals surface area (Å²) in [5.41, 5.74) is 0.540. The quantitative estimate of drug-likeness (QED) is 0.206. The number of terminal acetylenes is 1. The van der Waals surface area contributed by atoms with Crippen molar-refractivity contribution in [2.75, 3.05) is 6.26 Å². The van der Waals surface area contributed by atoms with Crippen LogP contribution in [0.4, 0.5) is 13.2 Å². The number of benzene rings is 3. The Morgan fingerprint density at radius 3 is 2.64 bits per heavy atom. The number of nitrogens with zero attached hydrogens (tertiary/aromatic N) is 2. The van der Waals surface area contributed by atoms with Crippen LogP contribution in [0.15, 0.2) is 71.9 Å². The third-order valence-corrected chi connectivity index (χ3v) is 7.71. The van der Waals surface area contributed by atoms with Gasteiger partial charge in [-0.2, -0.15) is 5.10 Å². The van der Waals surface area contributed by atoms with Gasteiger partial charge in [0.25, 0.3) is 0 Å². The van der Waals surface area contributed by atoms with Crippen LogP contribution < -0.4 is 4.74 Å². The summed E-state index contributed by atoms with van der Waals surface area (Å²) in [7, 11) is -3.95. The summed E-state index contributed by atoms with van der Waals surface area (Å²) in [6.07, 6.45) is 9.23. The van der Waals surface area contributed by atoms with Gasteiger partial charge in [-0.3, -0.25) is 9.48 Å². The van der Waals surface area contributed by atoms with Crippen LogP contribution in [0, 0.1) is 29.8 Å². The minimum absolute atomic E-state index is 0.0344. The zero-order valence-corrected chi connectivity index (χ0v) is 22.8. The van der Waals surface area contributed by atoms with Gasteiger partial charge in [-0.05, 0) is 42.3 Å². The number of carboxylic acid groups (broad SMARTS) is 1. The van der Waals surface area contributed by atoms with Crippen LogP contribution in [-0.4, -0.2) is 40.5 Å². The number of aryl methyl sites for hydroxylation is 1. The van der Waals surface area contributed by atoms with Gasteiger partial charge in [0.1, 0.15) is 28.3 Å². The van der Waals surface area contributed by atoms with Crippen molar-refractivity contribution in [2.24, 2.45) is 0 Å². The van der Waals surface area contributed by atoms with E-state index in [0.717, 1.165) is 18.4 Å². The van der Waals surface area contributed by atoms with Crippen LogP contribution in [0.3, 0.4) is 0 Å². The Hall–Kier alpha value is -5.02. The van der Waals surface area contributed by atoms with E-state index in [4.69, 9.17) is 16.3 Å². The first-order valence-corrected chi connectivity index (χ1v) is 14.3. The number of carboxylic acids is 1. The number of aromatic amines is 1. The molecule has 0 unspecified atom stereocenters. The van der Waals surface area contributed by atoms with Crippen LogP contribution in [0.2, 0.25) is 0 Å². The van der Waals surface area contributed by atoms with Crippen molar-refractivity contribution in [1.82, 2.24) is 14.8 Å². The summed E-state index contributed by atoms with van der Waals surface area (Å²) in [6.45, 7) is 0. The third-order valence-electron chi connectivity index (χ3n) is 6.56. The highest BCUT2D eigenvalue weighted by Crippen LogP contribution is 2.38. The maximum atomic E-state index is 15.2. The minimum Gasteiger partial charge on any atom is -0.481 e. The molecule has 3 aromatic carbocycles. The Balaban J connectivity index is 1.50. The van der Waals surface area contributed by atoms with Crippen molar-refractivity contribution in [1.29, 1.82) is 0 Å². The van der Waals surface area contributed by atoms with E-state index >= 15 is 8.78 Å². The molecule has 0 aliphatic rings. The molecule has 0 saturated carbocycles. The first-order valence-electron chi connectivity index (χ1n) is 12.5. The highest BCUT2D eigenvalue weighted by Gasteiger charge is 2.25. The van der Waals surface area contributed by atoms with Crippen LogP contribution >= 0.6 is 0 Å². The van der Waals surface area contributed by atoms with E-state index in [2.05, 4.69) is 16.0 Å². The summed E-state index contributed by atoms with van der Waals surface area (Å²) < 4.78 is 77.3. The predicted octanol–water partition coefficient (Wildman–Crippen LogP) is 5.88. The van der Waals surface area contributed by atoms with E-state index < -0.39 is 45.0 Å². The summed E-state index contributed by atoms with van der Waals surface area (Å²) in [5, 5.41) is 13.5. The first-order chi connectivity index (χ1) is 20.0. The number of nitrogens with one attached hydrogen (secondary N) is 1. The van der Waals surface area contributed by atoms with E-state index in [0.29, 0.717) is 0 Å². The third kappa shape index (κ3) is 5.46. The van der Waals surface area contributed by atoms with Crippen molar-refractivity contribution in [3.63, 3.8) is 0 Å². The van der Waals surface area contributed by atoms with Gasteiger partial charge >= 0.3 is 5.97 Å². The molecule has 0 bridgehead atoms. The lowest BCUT2D eigenvalue weighted by Gasteiger charge is -2.15. The fraction of sp³-hybridized carbons (Fsp3) is 0.133. The predicted molar refractivity (Wildman–Crippen MR) is 148 cm³/mol. The van der Waals surface area contributed by atoms with Crippen LogP contribution in [0.5, 0.6) is 11.5 Å². The zero-order chi connectivity index (χ0) is 30.2. The lowest BCUT2D eigenvalue weighted by atomic mass is 10.0. The van der Waals surface area contributed by atoms with Gasteiger partial charge < -0.3 is 14.8 Å². The molecular formula is C30H22F3N3O5S. The molecule has 12 heteroatoms. The maximum absolute atomic E-state index is 15.2. The minimum atomic E-state index is -3.95. The van der Waals surface area contributed by atoms with Gasteiger partial charge in [0, 0.05) is 53.2 Å². The van der Waals surface area contributed by atoms with Crippen molar-refractivity contribution in [2.45, 2.75) is 23.8 Å². The lowest BCUT2D eigenvalue weighted by Crippen LogP contribution is -2.12. The average Bonchev–Trinajstić information content (AvgIpc) is 3.60. The lowest BCUT2D eigenvalue weighted by molar-refractivity contribution is -0.136. The second-order valence-corrected chi connectivity index (χ2v) is 11.4. The molecule has 2 aromatic heterocycles. The normalized spacial score (nSPS) is 12.3. The smallest absolute Gasteiger partial charge is 0.303 e. The molecule has 0 radical (unpaired) electrons. The number of halogens is 3. The van der Waals surface area contributed by atoms with E-state index in [9.17, 15) is 17.6 Å². The Bertz CT molecular complexity index is 1990. The standard InChI is InChI=1S/C30H22F3N3O5S/c1-3-26(20-6-4-5-17(28(20)33)7-10-27(37)38)36-14-12-24(35-36)21-15-18(8-9-22(21)31)41-29-23(32)16-25-19(11-13-34-25)30(29)42(2,39)40/h1,4-6,8-9,11-16,26,34H,7,10H2,2H3,(H,37,38)/t26-/m1/s1. The Labute approximate surface area is 238 Å². The molecular weight excluding hydrogens is 571 g/mol. The molecule has 0 spiro atoms. The zero-order valence-electron chi connectivity index (χ0n) is 21.9. The van der Waals surface area contributed by atoms with E-state index in [-0.39, 0.29) is 56.8 Å². The number of fused-ring (bicyclic) bond motifs is 1. The molecule has 1 atom stereocenters. The second kappa shape index (κ2) is 11.1. The number of aromatic nitrogens is 3. The van der Waals surface area contributed by atoms with Gasteiger partial charge in [0.15, 0.2) is 21.4 Å². The Morgan fingerprint density at radius 1 is 1.14 bits per heavy atom. The second-order valence-electron chi connectivity index (χ2n) is 9.44. The number of rotatable bonds is 9. The van der Waals surface area contributed by atoms with Gasteiger partial charge in [0.2, 0.25) is 0 Å². The number of carbonyl (C=O) groups is 1. The molecule has 0 saturated heterocycles. The topological polar surface area (TPSA) is 114 Å². The van der Waals surface area contributed by atoms with Crippen molar-refractivity contribution < 1.29 is 36.2 Å². The molecule has 0 amide bonds. The monoisotopic (exact) mass is 593 g/mol. The van der Waals surface area contributed by atoms with E-state index in [1.54, 1.807) is 6.07 Å². The van der Waals surface area contributed by atoms with E-state index in [1.165, 1.54) is 53.5 Å². The van der Waals surface area contributed by atoms with Crippen molar-refractivity contribution >= 4 is 26.7 Å². The number of sulfone groups is 1. The summed E-state index contributed by atoms with van der Waals surface area (Å²) in [4.78, 5) is 13.3. The average molecular weight is 594 g/mol. The van der Waals surface area contributed by atoms with Gasteiger partial charge in [0.05, 0.1) is 5.69 Å². The highest BCUT2D eigenvalue weighted by atomic mass is 32.2. The number of aliphatic carboxylic acids is 1. The molecule has 5 aromatic rings. The number of hydrogen-bond donors (Lipinski definition) is 2. The van der Waals surface area contributed by atoms with Gasteiger partial charge in [-0.1, -0.05) is 24.1 Å². The Kier molecular flexibility index (Phi) is 7.53.